The van der Waals surface area contributed by atoms with Crippen LogP contribution in [0.25, 0.3) is 0 Å². The van der Waals surface area contributed by atoms with Crippen LogP contribution in [0.2, 0.25) is 0 Å². The Morgan fingerprint density at radius 1 is 1.32 bits per heavy atom. The van der Waals surface area contributed by atoms with E-state index in [0.29, 0.717) is 47.6 Å². The van der Waals surface area contributed by atoms with Gasteiger partial charge < -0.3 is 19.1 Å². The van der Waals surface area contributed by atoms with E-state index in [2.05, 4.69) is 11.6 Å². The summed E-state index contributed by atoms with van der Waals surface area (Å²) < 4.78 is 17.1. The molecule has 2 aliphatic rings. The van der Waals surface area contributed by atoms with Gasteiger partial charge in [-0.25, -0.2) is 9.79 Å². The molecular formula is C28H34Cl2N2O5. The van der Waals surface area contributed by atoms with Gasteiger partial charge in [0.2, 0.25) is 5.91 Å². The summed E-state index contributed by atoms with van der Waals surface area (Å²) in [7, 11) is 0. The maximum absolute atomic E-state index is 13.4. The molecule has 200 valence electrons. The highest BCUT2D eigenvalue weighted by Crippen LogP contribution is 2.34. The lowest BCUT2D eigenvalue weighted by Crippen LogP contribution is -2.43. The maximum atomic E-state index is 13.4. The Hall–Kier alpha value is -2.61. The molecule has 1 saturated heterocycles. The number of allylic oxidation sites excluding steroid dienone is 3. The molecule has 0 spiro atoms. The molecule has 0 unspecified atom stereocenters. The number of hydrogen-bond donors (Lipinski definition) is 0. The van der Waals surface area contributed by atoms with Gasteiger partial charge in [-0.05, 0) is 56.4 Å². The molecule has 9 heteroatoms. The summed E-state index contributed by atoms with van der Waals surface area (Å²) in [4.78, 5) is 32.3. The number of amides is 1. The van der Waals surface area contributed by atoms with Crippen LogP contribution in [0.5, 0.6) is 5.75 Å². The maximum Gasteiger partial charge on any atom is 0.336 e. The fourth-order valence-corrected chi connectivity index (χ4v) is 4.43. The minimum Gasteiger partial charge on any atom is -0.494 e. The van der Waals surface area contributed by atoms with Crippen molar-refractivity contribution in [3.05, 3.63) is 64.5 Å². The number of nitrogens with zero attached hydrogens (tertiary/aromatic N) is 2. The molecule has 2 atom stereocenters. The minimum absolute atomic E-state index is 0.0452. The van der Waals surface area contributed by atoms with Gasteiger partial charge in [0.05, 0.1) is 24.8 Å². The second-order valence-electron chi connectivity index (χ2n) is 8.95. The van der Waals surface area contributed by atoms with Crippen molar-refractivity contribution in [3.63, 3.8) is 0 Å². The molecule has 0 aromatic heterocycles. The van der Waals surface area contributed by atoms with Crippen LogP contribution in [-0.4, -0.2) is 54.7 Å². The number of carbonyl (C=O) groups is 2. The molecule has 37 heavy (non-hydrogen) atoms. The van der Waals surface area contributed by atoms with Crippen LogP contribution in [0.15, 0.2) is 63.9 Å². The van der Waals surface area contributed by atoms with Gasteiger partial charge in [0.15, 0.2) is 0 Å². The number of ether oxygens (including phenoxy) is 3. The van der Waals surface area contributed by atoms with Crippen molar-refractivity contribution in [1.29, 1.82) is 0 Å². The van der Waals surface area contributed by atoms with Crippen molar-refractivity contribution in [2.24, 2.45) is 10.9 Å². The molecule has 2 aliphatic heterocycles. The lowest BCUT2D eigenvalue weighted by molar-refractivity contribution is -0.142. The SMILES string of the molecule is C=C(/C=N\C(Cl)=C/C)[C@@H]1CC(=O)N(C[C@H]2CCCO2)C(C)=C1C(=O)OCc1ccc(OCCCCl)cc1. The van der Waals surface area contributed by atoms with E-state index in [9.17, 15) is 9.59 Å². The van der Waals surface area contributed by atoms with Crippen molar-refractivity contribution >= 4 is 41.3 Å². The predicted octanol–water partition coefficient (Wildman–Crippen LogP) is 5.77. The first-order valence-corrected chi connectivity index (χ1v) is 13.4. The Kier molecular flexibility index (Phi) is 11.2. The van der Waals surface area contributed by atoms with Crippen LogP contribution in [0.4, 0.5) is 0 Å². The summed E-state index contributed by atoms with van der Waals surface area (Å²) in [6.07, 6.45) is 5.79. The number of rotatable bonds is 12. The molecule has 0 radical (unpaired) electrons. The van der Waals surface area contributed by atoms with Crippen LogP contribution < -0.4 is 4.74 Å². The quantitative estimate of drug-likeness (QED) is 0.109. The summed E-state index contributed by atoms with van der Waals surface area (Å²) >= 11 is 11.7. The standard InChI is InChI=1S/C28H34Cl2N2O5/c1-4-25(30)31-16-19(2)24-15-26(33)32(17-23-7-5-13-36-23)20(3)27(24)28(34)37-18-21-8-10-22(11-9-21)35-14-6-12-29/h4,8-11,16,23-24H,2,5-7,12-15,17-18H2,1,3H3/b25-4-,31-16-/t23-,24+/m1/s1. The zero-order chi connectivity index (χ0) is 26.8. The van der Waals surface area contributed by atoms with E-state index in [1.807, 2.05) is 24.3 Å². The second kappa shape index (κ2) is 14.4. The van der Waals surface area contributed by atoms with Gasteiger partial charge in [0.25, 0.3) is 0 Å². The van der Waals surface area contributed by atoms with E-state index in [4.69, 9.17) is 37.4 Å². The Morgan fingerprint density at radius 2 is 2.08 bits per heavy atom. The number of carbonyl (C=O) groups excluding carboxylic acids is 2. The average Bonchev–Trinajstić information content (AvgIpc) is 3.42. The van der Waals surface area contributed by atoms with Gasteiger partial charge in [0.1, 0.15) is 17.5 Å². The van der Waals surface area contributed by atoms with Gasteiger partial charge in [-0.1, -0.05) is 36.4 Å². The van der Waals surface area contributed by atoms with Gasteiger partial charge in [-0.15, -0.1) is 11.6 Å². The molecule has 0 N–H and O–H groups in total. The van der Waals surface area contributed by atoms with Gasteiger partial charge in [-0.2, -0.15) is 0 Å². The van der Waals surface area contributed by atoms with Gasteiger partial charge in [0, 0.05) is 36.7 Å². The van der Waals surface area contributed by atoms with E-state index in [1.165, 1.54) is 6.21 Å². The number of halogens is 2. The number of hydrogen-bond acceptors (Lipinski definition) is 6. The molecule has 2 heterocycles. The van der Waals surface area contributed by atoms with Crippen molar-refractivity contribution < 1.29 is 23.8 Å². The third kappa shape index (κ3) is 8.19. The zero-order valence-corrected chi connectivity index (χ0v) is 22.9. The summed E-state index contributed by atoms with van der Waals surface area (Å²) in [5, 5.41) is 0.295. The zero-order valence-electron chi connectivity index (χ0n) is 21.4. The number of benzene rings is 1. The summed E-state index contributed by atoms with van der Waals surface area (Å²) in [5.74, 6) is 0.113. The largest absolute Gasteiger partial charge is 0.494 e. The lowest BCUT2D eigenvalue weighted by atomic mass is 9.84. The third-order valence-electron chi connectivity index (χ3n) is 6.33. The van der Waals surface area contributed by atoms with Gasteiger partial charge in [-0.3, -0.25) is 4.79 Å². The Morgan fingerprint density at radius 3 is 2.73 bits per heavy atom. The molecule has 1 aromatic carbocycles. The summed E-state index contributed by atoms with van der Waals surface area (Å²) in [6.45, 7) is 9.32. The van der Waals surface area contributed by atoms with Crippen molar-refractivity contribution in [2.75, 3.05) is 25.6 Å². The van der Waals surface area contributed by atoms with E-state index in [-0.39, 0.29) is 25.0 Å². The fraction of sp³-hybridized carbons (Fsp3) is 0.464. The van der Waals surface area contributed by atoms with Crippen molar-refractivity contribution in [2.45, 2.75) is 52.2 Å². The van der Waals surface area contributed by atoms with Crippen molar-refractivity contribution in [1.82, 2.24) is 4.90 Å². The first kappa shape index (κ1) is 29.0. The van der Waals surface area contributed by atoms with Crippen molar-refractivity contribution in [3.8, 4) is 5.75 Å². The lowest BCUT2D eigenvalue weighted by Gasteiger charge is -2.35. The molecule has 0 bridgehead atoms. The van der Waals surface area contributed by atoms with Crippen LogP contribution in [0.3, 0.4) is 0 Å². The minimum atomic E-state index is -0.566. The molecule has 1 aromatic rings. The smallest absolute Gasteiger partial charge is 0.336 e. The van der Waals surface area contributed by atoms with Crippen LogP contribution in [0, 0.1) is 5.92 Å². The monoisotopic (exact) mass is 548 g/mol. The van der Waals surface area contributed by atoms with E-state index in [0.717, 1.165) is 30.6 Å². The Balaban J connectivity index is 1.78. The number of alkyl halides is 1. The highest BCUT2D eigenvalue weighted by atomic mass is 35.5. The normalized spacial score (nSPS) is 20.6. The number of aliphatic imine (C=N–C) groups is 1. The molecule has 3 rings (SSSR count). The Labute approximate surface area is 228 Å². The molecule has 1 amide bonds. The average molecular weight is 549 g/mol. The molecule has 1 fully saturated rings. The van der Waals surface area contributed by atoms with E-state index >= 15 is 0 Å². The molecular weight excluding hydrogens is 515 g/mol. The number of esters is 1. The third-order valence-corrected chi connectivity index (χ3v) is 6.92. The fourth-order valence-electron chi connectivity index (χ4n) is 4.27. The highest BCUT2D eigenvalue weighted by Gasteiger charge is 2.38. The summed E-state index contributed by atoms with van der Waals surface area (Å²) in [5.41, 5.74) is 2.27. The first-order chi connectivity index (χ1) is 17.8. The van der Waals surface area contributed by atoms with E-state index in [1.54, 1.807) is 24.8 Å². The summed E-state index contributed by atoms with van der Waals surface area (Å²) in [6, 6.07) is 7.36. The molecule has 7 nitrogen and oxygen atoms in total. The van der Waals surface area contributed by atoms with Gasteiger partial charge >= 0.3 is 5.97 Å². The van der Waals surface area contributed by atoms with E-state index < -0.39 is 11.9 Å². The van der Waals surface area contributed by atoms with Crippen LogP contribution >= 0.6 is 23.2 Å². The Bertz CT molecular complexity index is 1060. The first-order valence-electron chi connectivity index (χ1n) is 12.5. The van der Waals surface area contributed by atoms with Crippen LogP contribution in [-0.2, 0) is 25.7 Å². The van der Waals surface area contributed by atoms with Crippen LogP contribution in [0.1, 0.15) is 45.1 Å². The molecule has 0 aliphatic carbocycles. The predicted molar refractivity (Wildman–Crippen MR) is 146 cm³/mol. The highest BCUT2D eigenvalue weighted by molar-refractivity contribution is 6.29. The second-order valence-corrected chi connectivity index (χ2v) is 9.72. The molecule has 0 saturated carbocycles. The topological polar surface area (TPSA) is 77.4 Å².